The van der Waals surface area contributed by atoms with Crippen LogP contribution in [-0.2, 0) is 14.6 Å². The van der Waals surface area contributed by atoms with Crippen molar-refractivity contribution in [3.05, 3.63) is 59.2 Å². The lowest BCUT2D eigenvalue weighted by molar-refractivity contribution is -0.139. The number of amides is 1. The first-order valence-electron chi connectivity index (χ1n) is 8.22. The molecular formula is C19H21NO6S. The molecule has 0 aliphatic heterocycles. The molecule has 0 aromatic heterocycles. The van der Waals surface area contributed by atoms with Gasteiger partial charge in [-0.3, -0.25) is 4.79 Å². The van der Waals surface area contributed by atoms with Gasteiger partial charge in [0.1, 0.15) is 5.75 Å². The van der Waals surface area contributed by atoms with Crippen LogP contribution in [0.25, 0.3) is 0 Å². The standard InChI is InChI=1S/C19H21NO6S/c1-13-10-15(11-14(2)18(13)26-12-17(21)22)19(23)20-8-9-27(24,25)16-6-4-3-5-7-16/h3-7,10-11H,8-9,12H2,1-2H3,(H,20,23)(H,21,22). The van der Waals surface area contributed by atoms with Gasteiger partial charge >= 0.3 is 5.97 Å². The minimum Gasteiger partial charge on any atom is -0.481 e. The fourth-order valence-corrected chi connectivity index (χ4v) is 3.77. The molecule has 0 bridgehead atoms. The molecule has 0 spiro atoms. The van der Waals surface area contributed by atoms with Gasteiger partial charge in [-0.2, -0.15) is 0 Å². The Hall–Kier alpha value is -2.87. The Labute approximate surface area is 157 Å². The molecule has 2 aromatic carbocycles. The monoisotopic (exact) mass is 391 g/mol. The maximum atomic E-state index is 12.3. The summed E-state index contributed by atoms with van der Waals surface area (Å²) in [5.41, 5.74) is 1.60. The van der Waals surface area contributed by atoms with E-state index in [0.717, 1.165) is 0 Å². The van der Waals surface area contributed by atoms with Crippen molar-refractivity contribution in [2.75, 3.05) is 18.9 Å². The van der Waals surface area contributed by atoms with Gasteiger partial charge in [-0.05, 0) is 49.2 Å². The van der Waals surface area contributed by atoms with Crippen molar-refractivity contribution in [2.45, 2.75) is 18.7 Å². The number of carbonyl (C=O) groups excluding carboxylic acids is 1. The van der Waals surface area contributed by atoms with Gasteiger partial charge in [-0.1, -0.05) is 18.2 Å². The molecule has 0 saturated heterocycles. The Morgan fingerprint density at radius 1 is 1.07 bits per heavy atom. The number of carboxylic acids is 1. The second kappa shape index (κ2) is 8.68. The van der Waals surface area contributed by atoms with Gasteiger partial charge < -0.3 is 15.2 Å². The number of nitrogens with one attached hydrogen (secondary N) is 1. The lowest BCUT2D eigenvalue weighted by Gasteiger charge is -2.13. The minimum atomic E-state index is -3.47. The fraction of sp³-hybridized carbons (Fsp3) is 0.263. The summed E-state index contributed by atoms with van der Waals surface area (Å²) in [6.45, 7) is 2.93. The second-order valence-corrected chi connectivity index (χ2v) is 8.12. The highest BCUT2D eigenvalue weighted by molar-refractivity contribution is 7.91. The van der Waals surface area contributed by atoms with Gasteiger partial charge in [0.05, 0.1) is 10.6 Å². The summed E-state index contributed by atoms with van der Waals surface area (Å²) in [6, 6.07) is 11.2. The highest BCUT2D eigenvalue weighted by Crippen LogP contribution is 2.24. The second-order valence-electron chi connectivity index (χ2n) is 6.01. The van der Waals surface area contributed by atoms with Crippen LogP contribution in [0.4, 0.5) is 0 Å². The predicted molar refractivity (Wildman–Crippen MR) is 99.9 cm³/mol. The van der Waals surface area contributed by atoms with E-state index in [1.807, 2.05) is 0 Å². The Morgan fingerprint density at radius 3 is 2.22 bits per heavy atom. The third-order valence-corrected chi connectivity index (χ3v) is 5.55. The Kier molecular flexibility index (Phi) is 6.57. The number of rotatable bonds is 8. The summed E-state index contributed by atoms with van der Waals surface area (Å²) in [5, 5.41) is 11.3. The minimum absolute atomic E-state index is 0.0224. The Morgan fingerprint density at radius 2 is 1.67 bits per heavy atom. The van der Waals surface area contributed by atoms with E-state index in [1.165, 1.54) is 12.1 Å². The third-order valence-electron chi connectivity index (χ3n) is 3.82. The smallest absolute Gasteiger partial charge is 0.341 e. The molecular weight excluding hydrogens is 370 g/mol. The van der Waals surface area contributed by atoms with Crippen molar-refractivity contribution >= 4 is 21.7 Å². The molecule has 144 valence electrons. The van der Waals surface area contributed by atoms with Crippen molar-refractivity contribution < 1.29 is 27.9 Å². The molecule has 2 N–H and O–H groups in total. The molecule has 8 heteroatoms. The number of sulfone groups is 1. The van der Waals surface area contributed by atoms with Gasteiger partial charge in [-0.15, -0.1) is 0 Å². The van der Waals surface area contributed by atoms with Gasteiger partial charge in [-0.25, -0.2) is 13.2 Å². The van der Waals surface area contributed by atoms with E-state index in [0.29, 0.717) is 22.4 Å². The van der Waals surface area contributed by atoms with Crippen LogP contribution in [0, 0.1) is 13.8 Å². The van der Waals surface area contributed by atoms with Crippen LogP contribution in [0.5, 0.6) is 5.75 Å². The first-order chi connectivity index (χ1) is 12.7. The maximum absolute atomic E-state index is 12.3. The van der Waals surface area contributed by atoms with E-state index in [1.54, 1.807) is 44.2 Å². The van der Waals surface area contributed by atoms with Crippen molar-refractivity contribution in [3.8, 4) is 5.75 Å². The van der Waals surface area contributed by atoms with Crippen molar-refractivity contribution in [1.82, 2.24) is 5.32 Å². The zero-order valence-corrected chi connectivity index (χ0v) is 15.9. The van der Waals surface area contributed by atoms with E-state index >= 15 is 0 Å². The average molecular weight is 391 g/mol. The Balaban J connectivity index is 2.01. The topological polar surface area (TPSA) is 110 Å². The van der Waals surface area contributed by atoms with Crippen LogP contribution in [0.2, 0.25) is 0 Å². The number of benzene rings is 2. The van der Waals surface area contributed by atoms with Crippen LogP contribution in [0.1, 0.15) is 21.5 Å². The quantitative estimate of drug-likeness (QED) is 0.712. The molecule has 27 heavy (non-hydrogen) atoms. The molecule has 0 saturated carbocycles. The number of hydrogen-bond donors (Lipinski definition) is 2. The van der Waals surface area contributed by atoms with Crippen LogP contribution in [0.3, 0.4) is 0 Å². The van der Waals surface area contributed by atoms with Gasteiger partial charge in [0.2, 0.25) is 0 Å². The van der Waals surface area contributed by atoms with Gasteiger partial charge in [0, 0.05) is 12.1 Å². The van der Waals surface area contributed by atoms with E-state index in [9.17, 15) is 18.0 Å². The van der Waals surface area contributed by atoms with Crippen LogP contribution in [0.15, 0.2) is 47.4 Å². The van der Waals surface area contributed by atoms with Gasteiger partial charge in [0.15, 0.2) is 16.4 Å². The third kappa shape index (κ3) is 5.55. The average Bonchev–Trinajstić information content (AvgIpc) is 2.61. The molecule has 1 amide bonds. The highest BCUT2D eigenvalue weighted by Gasteiger charge is 2.16. The van der Waals surface area contributed by atoms with Crippen molar-refractivity contribution in [2.24, 2.45) is 0 Å². The SMILES string of the molecule is Cc1cc(C(=O)NCCS(=O)(=O)c2ccccc2)cc(C)c1OCC(=O)O. The zero-order valence-electron chi connectivity index (χ0n) is 15.1. The van der Waals surface area contributed by atoms with Crippen LogP contribution >= 0.6 is 0 Å². The number of carboxylic acid groups (broad SMARTS) is 1. The van der Waals surface area contributed by atoms with Crippen molar-refractivity contribution in [1.29, 1.82) is 0 Å². The number of aliphatic carboxylic acids is 1. The predicted octanol–water partition coefficient (Wildman–Crippen LogP) is 1.97. The van der Waals surface area contributed by atoms with Crippen LogP contribution in [-0.4, -0.2) is 44.3 Å². The number of carbonyl (C=O) groups is 2. The first-order valence-corrected chi connectivity index (χ1v) is 9.88. The lowest BCUT2D eigenvalue weighted by atomic mass is 10.1. The number of hydrogen-bond acceptors (Lipinski definition) is 5. The van der Waals surface area contributed by atoms with E-state index in [2.05, 4.69) is 5.32 Å². The lowest BCUT2D eigenvalue weighted by Crippen LogP contribution is -2.29. The normalized spacial score (nSPS) is 11.0. The van der Waals surface area contributed by atoms with E-state index < -0.39 is 28.3 Å². The summed E-state index contributed by atoms with van der Waals surface area (Å²) >= 11 is 0. The molecule has 0 aliphatic carbocycles. The van der Waals surface area contributed by atoms with Gasteiger partial charge in [0.25, 0.3) is 5.91 Å². The zero-order chi connectivity index (χ0) is 20.0. The van der Waals surface area contributed by atoms with E-state index in [4.69, 9.17) is 9.84 Å². The summed E-state index contributed by atoms with van der Waals surface area (Å²) < 4.78 is 29.7. The molecule has 0 heterocycles. The Bertz CT molecular complexity index is 915. The number of aryl methyl sites for hydroxylation is 2. The molecule has 0 radical (unpaired) electrons. The van der Waals surface area contributed by atoms with Crippen LogP contribution < -0.4 is 10.1 Å². The van der Waals surface area contributed by atoms with E-state index in [-0.39, 0.29) is 17.2 Å². The molecule has 0 aliphatic rings. The fourth-order valence-electron chi connectivity index (χ4n) is 2.59. The van der Waals surface area contributed by atoms with Crippen molar-refractivity contribution in [3.63, 3.8) is 0 Å². The molecule has 0 unspecified atom stereocenters. The molecule has 2 aromatic rings. The molecule has 0 atom stereocenters. The summed E-state index contributed by atoms with van der Waals surface area (Å²) in [6.07, 6.45) is 0. The molecule has 7 nitrogen and oxygen atoms in total. The molecule has 0 fully saturated rings. The first kappa shape index (κ1) is 20.4. The molecule has 2 rings (SSSR count). The highest BCUT2D eigenvalue weighted by atomic mass is 32.2. The largest absolute Gasteiger partial charge is 0.481 e. The number of ether oxygens (including phenoxy) is 1. The summed E-state index contributed by atoms with van der Waals surface area (Å²) in [7, 11) is -3.47. The summed E-state index contributed by atoms with van der Waals surface area (Å²) in [5.74, 6) is -1.29. The maximum Gasteiger partial charge on any atom is 0.341 e. The summed E-state index contributed by atoms with van der Waals surface area (Å²) in [4.78, 5) is 23.2.